The molecule has 0 spiro atoms. The predicted octanol–water partition coefficient (Wildman–Crippen LogP) is 10.2. The summed E-state index contributed by atoms with van der Waals surface area (Å²) in [6.45, 7) is 7.56. The maximum atomic E-state index is 12.2. The molecule has 0 saturated carbocycles. The van der Waals surface area contributed by atoms with E-state index in [-0.39, 0.29) is 5.97 Å². The van der Waals surface area contributed by atoms with Crippen LogP contribution in [0.15, 0.2) is 60.9 Å². The molecular weight excluding hydrogens is 508 g/mol. The second kappa shape index (κ2) is 19.0. The quantitative estimate of drug-likeness (QED) is 0.0784. The Morgan fingerprint density at radius 3 is 1.95 bits per heavy atom. The fraction of sp³-hybridized carbons (Fsp3) is 0.528. The van der Waals surface area contributed by atoms with Gasteiger partial charge >= 0.3 is 5.97 Å². The number of esters is 1. The van der Waals surface area contributed by atoms with E-state index in [1.807, 2.05) is 60.9 Å². The SMILES string of the molecule is CCCCCCCCCOc1ccc(-c2ncc(-c3ccc(OC(=O)CCCCCC(C)CCC)cc3)cn2)cc1. The number of benzene rings is 2. The topological polar surface area (TPSA) is 61.3 Å². The van der Waals surface area contributed by atoms with Gasteiger partial charge in [-0.2, -0.15) is 0 Å². The van der Waals surface area contributed by atoms with Crippen molar-refractivity contribution in [1.82, 2.24) is 9.97 Å². The van der Waals surface area contributed by atoms with Crippen molar-refractivity contribution in [3.05, 3.63) is 60.9 Å². The number of rotatable bonds is 20. The highest BCUT2D eigenvalue weighted by Crippen LogP contribution is 2.25. The number of hydrogen-bond acceptors (Lipinski definition) is 5. The number of unbranched alkanes of at least 4 members (excludes halogenated alkanes) is 8. The van der Waals surface area contributed by atoms with Crippen molar-refractivity contribution in [2.24, 2.45) is 5.92 Å². The molecule has 1 unspecified atom stereocenters. The molecule has 41 heavy (non-hydrogen) atoms. The summed E-state index contributed by atoms with van der Waals surface area (Å²) in [5, 5.41) is 0. The van der Waals surface area contributed by atoms with Crippen LogP contribution in [0.2, 0.25) is 0 Å². The number of carbonyl (C=O) groups is 1. The van der Waals surface area contributed by atoms with Crippen LogP contribution in [0.1, 0.15) is 111 Å². The van der Waals surface area contributed by atoms with Crippen molar-refractivity contribution >= 4 is 5.97 Å². The number of aromatic nitrogens is 2. The largest absolute Gasteiger partial charge is 0.494 e. The van der Waals surface area contributed by atoms with Gasteiger partial charge in [0.15, 0.2) is 5.82 Å². The molecule has 0 N–H and O–H groups in total. The van der Waals surface area contributed by atoms with Crippen molar-refractivity contribution < 1.29 is 14.3 Å². The van der Waals surface area contributed by atoms with Crippen molar-refractivity contribution in [3.8, 4) is 34.0 Å². The first-order valence-electron chi connectivity index (χ1n) is 16.0. The van der Waals surface area contributed by atoms with Gasteiger partial charge in [0.05, 0.1) is 6.61 Å². The van der Waals surface area contributed by atoms with Gasteiger partial charge in [-0.1, -0.05) is 104 Å². The van der Waals surface area contributed by atoms with Crippen molar-refractivity contribution in [2.75, 3.05) is 6.61 Å². The van der Waals surface area contributed by atoms with E-state index in [4.69, 9.17) is 9.47 Å². The second-order valence-electron chi connectivity index (χ2n) is 11.3. The minimum Gasteiger partial charge on any atom is -0.494 e. The summed E-state index contributed by atoms with van der Waals surface area (Å²) in [5.41, 5.74) is 2.85. The van der Waals surface area contributed by atoms with E-state index >= 15 is 0 Å². The molecule has 0 fully saturated rings. The van der Waals surface area contributed by atoms with E-state index in [9.17, 15) is 4.79 Å². The first-order chi connectivity index (χ1) is 20.1. The summed E-state index contributed by atoms with van der Waals surface area (Å²) in [6, 6.07) is 15.5. The minimum atomic E-state index is -0.165. The Morgan fingerprint density at radius 2 is 1.27 bits per heavy atom. The van der Waals surface area contributed by atoms with Crippen LogP contribution in [0.5, 0.6) is 11.5 Å². The Hall–Kier alpha value is -3.21. The van der Waals surface area contributed by atoms with Crippen molar-refractivity contribution in [1.29, 1.82) is 0 Å². The Bertz CT molecular complexity index is 1110. The standard InChI is InChI=1S/C36H50N2O3/c1-4-6-7-8-9-10-14-26-40-33-22-20-31(21-23-33)36-37-27-32(28-38-36)30-18-24-34(25-19-30)41-35(39)17-13-11-12-16-29(3)15-5-2/h18-25,27-29H,4-17,26H2,1-3H3. The van der Waals surface area contributed by atoms with Crippen LogP contribution in [0.3, 0.4) is 0 Å². The molecule has 0 radical (unpaired) electrons. The van der Waals surface area contributed by atoms with Gasteiger partial charge in [-0.15, -0.1) is 0 Å². The molecule has 5 nitrogen and oxygen atoms in total. The lowest BCUT2D eigenvalue weighted by Crippen LogP contribution is -2.07. The van der Waals surface area contributed by atoms with Crippen LogP contribution in [-0.4, -0.2) is 22.5 Å². The monoisotopic (exact) mass is 558 g/mol. The molecular formula is C36H50N2O3. The van der Waals surface area contributed by atoms with Crippen molar-refractivity contribution in [2.45, 2.75) is 111 Å². The van der Waals surface area contributed by atoms with E-state index in [1.54, 1.807) is 0 Å². The molecule has 0 saturated heterocycles. The summed E-state index contributed by atoms with van der Waals surface area (Å²) >= 11 is 0. The third kappa shape index (κ3) is 12.5. The fourth-order valence-electron chi connectivity index (χ4n) is 5.05. The lowest BCUT2D eigenvalue weighted by molar-refractivity contribution is -0.134. The summed E-state index contributed by atoms with van der Waals surface area (Å²) in [5.74, 6) is 2.75. The third-order valence-corrected chi connectivity index (χ3v) is 7.56. The normalized spacial score (nSPS) is 11.8. The van der Waals surface area contributed by atoms with Crippen molar-refractivity contribution in [3.63, 3.8) is 0 Å². The summed E-state index contributed by atoms with van der Waals surface area (Å²) in [7, 11) is 0. The van der Waals surface area contributed by atoms with E-state index in [2.05, 4.69) is 30.7 Å². The maximum Gasteiger partial charge on any atom is 0.311 e. The van der Waals surface area contributed by atoms with Crippen LogP contribution in [0.25, 0.3) is 22.5 Å². The number of carbonyl (C=O) groups excluding carboxylic acids is 1. The summed E-state index contributed by atoms with van der Waals surface area (Å²) in [6.07, 6.45) is 20.0. The van der Waals surface area contributed by atoms with Gasteiger partial charge in [-0.25, -0.2) is 9.97 Å². The van der Waals surface area contributed by atoms with Gasteiger partial charge in [0.25, 0.3) is 0 Å². The molecule has 1 heterocycles. The first kappa shape index (κ1) is 32.3. The Labute approximate surface area is 248 Å². The highest BCUT2D eigenvalue weighted by Gasteiger charge is 2.08. The highest BCUT2D eigenvalue weighted by atomic mass is 16.5. The van der Waals surface area contributed by atoms with E-state index in [1.165, 1.54) is 64.2 Å². The average molecular weight is 559 g/mol. The predicted molar refractivity (Wildman–Crippen MR) is 169 cm³/mol. The molecule has 2 aromatic carbocycles. The molecule has 1 aromatic heterocycles. The second-order valence-corrected chi connectivity index (χ2v) is 11.3. The van der Waals surface area contributed by atoms with Crippen LogP contribution >= 0.6 is 0 Å². The Kier molecular flexibility index (Phi) is 15.0. The maximum absolute atomic E-state index is 12.2. The smallest absolute Gasteiger partial charge is 0.311 e. The summed E-state index contributed by atoms with van der Waals surface area (Å²) in [4.78, 5) is 21.4. The minimum absolute atomic E-state index is 0.165. The van der Waals surface area contributed by atoms with Gasteiger partial charge < -0.3 is 9.47 Å². The number of nitrogens with zero attached hydrogens (tertiary/aromatic N) is 2. The molecule has 3 aromatic rings. The number of ether oxygens (including phenoxy) is 2. The van der Waals surface area contributed by atoms with Gasteiger partial charge in [0.2, 0.25) is 0 Å². The summed E-state index contributed by atoms with van der Waals surface area (Å²) < 4.78 is 11.4. The van der Waals surface area contributed by atoms with E-state index in [0.717, 1.165) is 54.2 Å². The highest BCUT2D eigenvalue weighted by molar-refractivity contribution is 5.73. The van der Waals surface area contributed by atoms with Crippen LogP contribution in [0.4, 0.5) is 0 Å². The van der Waals surface area contributed by atoms with E-state index in [0.29, 0.717) is 18.0 Å². The van der Waals surface area contributed by atoms with Gasteiger partial charge in [0, 0.05) is 29.9 Å². The van der Waals surface area contributed by atoms with Gasteiger partial charge in [-0.3, -0.25) is 4.79 Å². The average Bonchev–Trinajstić information content (AvgIpc) is 2.99. The zero-order chi connectivity index (χ0) is 29.1. The van der Waals surface area contributed by atoms with Crippen LogP contribution < -0.4 is 9.47 Å². The Balaban J connectivity index is 1.39. The van der Waals surface area contributed by atoms with Gasteiger partial charge in [0.1, 0.15) is 11.5 Å². The lowest BCUT2D eigenvalue weighted by atomic mass is 9.98. The van der Waals surface area contributed by atoms with Gasteiger partial charge in [-0.05, 0) is 60.7 Å². The number of hydrogen-bond donors (Lipinski definition) is 0. The molecule has 0 aliphatic rings. The molecule has 222 valence electrons. The molecule has 3 rings (SSSR count). The van der Waals surface area contributed by atoms with Crippen LogP contribution in [0, 0.1) is 5.92 Å². The van der Waals surface area contributed by atoms with E-state index < -0.39 is 0 Å². The van der Waals surface area contributed by atoms with Crippen LogP contribution in [-0.2, 0) is 4.79 Å². The molecule has 0 aliphatic carbocycles. The Morgan fingerprint density at radius 1 is 0.659 bits per heavy atom. The third-order valence-electron chi connectivity index (χ3n) is 7.56. The zero-order valence-electron chi connectivity index (χ0n) is 25.6. The first-order valence-corrected chi connectivity index (χ1v) is 16.0. The fourth-order valence-corrected chi connectivity index (χ4v) is 5.05. The molecule has 0 amide bonds. The lowest BCUT2D eigenvalue weighted by Gasteiger charge is -2.09. The molecule has 5 heteroatoms. The molecule has 0 aliphatic heterocycles. The molecule has 1 atom stereocenters. The molecule has 0 bridgehead atoms. The zero-order valence-corrected chi connectivity index (χ0v) is 25.6.